The van der Waals surface area contributed by atoms with Gasteiger partial charge in [0.2, 0.25) is 11.8 Å². The number of ketones is 1. The molecule has 1 N–H and O–H groups in total. The minimum absolute atomic E-state index is 0.125. The number of hydrogen-bond acceptors (Lipinski definition) is 5. The molecule has 1 aliphatic rings. The average Bonchev–Trinajstić information content (AvgIpc) is 2.84. The first-order chi connectivity index (χ1) is 17.0. The van der Waals surface area contributed by atoms with Gasteiger partial charge in [-0.2, -0.15) is 0 Å². The predicted octanol–water partition coefficient (Wildman–Crippen LogP) is 2.73. The van der Waals surface area contributed by atoms with E-state index in [-0.39, 0.29) is 23.9 Å². The molecule has 188 valence electrons. The fourth-order valence-electron chi connectivity index (χ4n) is 4.32. The van der Waals surface area contributed by atoms with Gasteiger partial charge in [-0.1, -0.05) is 74.5 Å². The Labute approximate surface area is 209 Å². The molecule has 0 spiro atoms. The zero-order valence-electron chi connectivity index (χ0n) is 20.6. The summed E-state index contributed by atoms with van der Waals surface area (Å²) in [4.78, 5) is 65.7. The highest BCUT2D eigenvalue weighted by Crippen LogP contribution is 2.33. The lowest BCUT2D eigenvalue weighted by Crippen LogP contribution is -2.63. The largest absolute Gasteiger partial charge is 0.475 e. The summed E-state index contributed by atoms with van der Waals surface area (Å²) in [5.74, 6) is -4.97. The number of carboxylic acid groups (broad SMARTS) is 1. The molecular weight excluding hydrogens is 462 g/mol. The topological polar surface area (TPSA) is 115 Å². The van der Waals surface area contributed by atoms with Crippen molar-refractivity contribution in [1.29, 1.82) is 0 Å². The van der Waals surface area contributed by atoms with Gasteiger partial charge in [0.25, 0.3) is 11.7 Å². The second-order valence-corrected chi connectivity index (χ2v) is 8.88. The van der Waals surface area contributed by atoms with Crippen molar-refractivity contribution < 1.29 is 29.1 Å². The minimum Gasteiger partial charge on any atom is -0.475 e. The molecule has 3 amide bonds. The Morgan fingerprint density at radius 1 is 0.944 bits per heavy atom. The summed E-state index contributed by atoms with van der Waals surface area (Å²) in [5, 5.41) is 11.6. The summed E-state index contributed by atoms with van der Waals surface area (Å²) in [6, 6.07) is 14.8. The average molecular weight is 492 g/mol. The van der Waals surface area contributed by atoms with Crippen LogP contribution in [0.3, 0.4) is 0 Å². The van der Waals surface area contributed by atoms with Gasteiger partial charge in [-0.25, -0.2) is 14.8 Å². The van der Waals surface area contributed by atoms with E-state index in [9.17, 15) is 29.1 Å². The van der Waals surface area contributed by atoms with E-state index in [0.29, 0.717) is 11.1 Å². The number of rotatable bonds is 8. The third-order valence-electron chi connectivity index (χ3n) is 5.93. The Morgan fingerprint density at radius 3 is 1.97 bits per heavy atom. The first-order valence-electron chi connectivity index (χ1n) is 11.6. The molecule has 0 bridgehead atoms. The van der Waals surface area contributed by atoms with Crippen molar-refractivity contribution in [3.05, 3.63) is 78.0 Å². The molecule has 0 saturated carbocycles. The van der Waals surface area contributed by atoms with Crippen molar-refractivity contribution in [2.45, 2.75) is 46.2 Å². The van der Waals surface area contributed by atoms with Gasteiger partial charge in [-0.05, 0) is 11.5 Å². The SMILES string of the molecule is CC(=O)N1C=C(c2ccccc2)N(N(C(C)=O)[C@@H](Cc2ccccc2)C(=O)C(=O)O)C(=O)[C@@H]1C(C)C. The van der Waals surface area contributed by atoms with E-state index in [1.807, 2.05) is 0 Å². The Kier molecular flexibility index (Phi) is 8.03. The van der Waals surface area contributed by atoms with E-state index in [1.54, 1.807) is 74.5 Å². The van der Waals surface area contributed by atoms with Gasteiger partial charge in [-0.3, -0.25) is 19.2 Å². The van der Waals surface area contributed by atoms with Crippen LogP contribution in [-0.2, 0) is 30.4 Å². The number of carbonyl (C=O) groups excluding carboxylic acids is 4. The first-order valence-corrected chi connectivity index (χ1v) is 11.6. The molecule has 0 aliphatic carbocycles. The van der Waals surface area contributed by atoms with E-state index in [0.717, 1.165) is 10.0 Å². The van der Waals surface area contributed by atoms with Crippen LogP contribution >= 0.6 is 0 Å². The molecule has 3 rings (SSSR count). The lowest BCUT2D eigenvalue weighted by atomic mass is 9.97. The molecule has 1 aliphatic heterocycles. The molecule has 0 fully saturated rings. The third kappa shape index (κ3) is 5.35. The number of benzene rings is 2. The lowest BCUT2D eigenvalue weighted by Gasteiger charge is -2.46. The number of amides is 3. The molecule has 0 aromatic heterocycles. The first kappa shape index (κ1) is 26.3. The number of carbonyl (C=O) groups is 5. The van der Waals surface area contributed by atoms with Gasteiger partial charge < -0.3 is 10.0 Å². The van der Waals surface area contributed by atoms with E-state index < -0.39 is 35.7 Å². The quantitative estimate of drug-likeness (QED) is 0.568. The summed E-state index contributed by atoms with van der Waals surface area (Å²) < 4.78 is 0. The maximum Gasteiger partial charge on any atom is 0.374 e. The molecule has 0 radical (unpaired) electrons. The van der Waals surface area contributed by atoms with Crippen molar-refractivity contribution in [3.63, 3.8) is 0 Å². The second kappa shape index (κ2) is 11.0. The zero-order valence-corrected chi connectivity index (χ0v) is 20.6. The molecule has 36 heavy (non-hydrogen) atoms. The molecule has 9 heteroatoms. The van der Waals surface area contributed by atoms with Crippen molar-refractivity contribution >= 4 is 35.2 Å². The van der Waals surface area contributed by atoms with Crippen LogP contribution in [0.4, 0.5) is 0 Å². The molecule has 0 saturated heterocycles. The Balaban J connectivity index is 2.26. The van der Waals surface area contributed by atoms with E-state index >= 15 is 0 Å². The molecule has 9 nitrogen and oxygen atoms in total. The fourth-order valence-corrected chi connectivity index (χ4v) is 4.32. The van der Waals surface area contributed by atoms with Crippen molar-refractivity contribution in [2.75, 3.05) is 0 Å². The van der Waals surface area contributed by atoms with Crippen LogP contribution in [0.2, 0.25) is 0 Å². The highest BCUT2D eigenvalue weighted by molar-refractivity contribution is 6.35. The predicted molar refractivity (Wildman–Crippen MR) is 132 cm³/mol. The van der Waals surface area contributed by atoms with Crippen LogP contribution in [0.15, 0.2) is 66.9 Å². The van der Waals surface area contributed by atoms with Crippen LogP contribution in [0.1, 0.15) is 38.8 Å². The monoisotopic (exact) mass is 491 g/mol. The maximum atomic E-state index is 14.0. The zero-order chi connectivity index (χ0) is 26.6. The Bertz CT molecular complexity index is 1190. The molecule has 2 atom stereocenters. The summed E-state index contributed by atoms with van der Waals surface area (Å²) in [7, 11) is 0. The lowest BCUT2D eigenvalue weighted by molar-refractivity contribution is -0.171. The Morgan fingerprint density at radius 2 is 1.50 bits per heavy atom. The smallest absolute Gasteiger partial charge is 0.374 e. The van der Waals surface area contributed by atoms with E-state index in [4.69, 9.17) is 0 Å². The fraction of sp³-hybridized carbons (Fsp3) is 0.296. The highest BCUT2D eigenvalue weighted by atomic mass is 16.4. The summed E-state index contributed by atoms with van der Waals surface area (Å²) in [6.45, 7) is 6.04. The van der Waals surface area contributed by atoms with Crippen LogP contribution in [0.25, 0.3) is 5.70 Å². The standard InChI is InChI=1S/C27H29N3O6/c1-17(2)24-26(34)30(23(16-28(24)18(3)31)21-13-9-6-10-14-21)29(19(4)32)22(25(33)27(35)36)15-20-11-7-5-8-12-20/h5-14,16-17,22,24H,15H2,1-4H3,(H,35,36)/t22-,24-/m0/s1. The van der Waals surface area contributed by atoms with Gasteiger partial charge in [0, 0.05) is 32.0 Å². The molecule has 0 unspecified atom stereocenters. The normalized spacial score (nSPS) is 16.4. The summed E-state index contributed by atoms with van der Waals surface area (Å²) in [6.07, 6.45) is 1.35. The van der Waals surface area contributed by atoms with Gasteiger partial charge in [0.15, 0.2) is 0 Å². The van der Waals surface area contributed by atoms with Crippen molar-refractivity contribution in [2.24, 2.45) is 5.92 Å². The Hall–Kier alpha value is -4.27. The van der Waals surface area contributed by atoms with E-state index in [2.05, 4.69) is 0 Å². The number of Topliss-reactive ketones (excluding diaryl/α,β-unsaturated/α-hetero) is 1. The number of carboxylic acids is 1. The minimum atomic E-state index is -1.72. The number of hydrogen-bond donors (Lipinski definition) is 1. The third-order valence-corrected chi connectivity index (χ3v) is 5.93. The van der Waals surface area contributed by atoms with Gasteiger partial charge in [-0.15, -0.1) is 0 Å². The molecular formula is C27H29N3O6. The van der Waals surface area contributed by atoms with Crippen molar-refractivity contribution in [1.82, 2.24) is 14.9 Å². The highest BCUT2D eigenvalue weighted by Gasteiger charge is 2.46. The number of aliphatic carboxylic acids is 1. The molecule has 2 aromatic rings. The van der Waals surface area contributed by atoms with Crippen LogP contribution in [-0.4, -0.2) is 61.6 Å². The summed E-state index contributed by atoms with van der Waals surface area (Å²) >= 11 is 0. The summed E-state index contributed by atoms with van der Waals surface area (Å²) in [5.41, 5.74) is 1.30. The van der Waals surface area contributed by atoms with Crippen LogP contribution in [0, 0.1) is 5.92 Å². The van der Waals surface area contributed by atoms with Gasteiger partial charge in [0.05, 0.1) is 5.70 Å². The van der Waals surface area contributed by atoms with Gasteiger partial charge >= 0.3 is 5.97 Å². The maximum absolute atomic E-state index is 14.0. The number of hydrazine groups is 1. The van der Waals surface area contributed by atoms with Crippen LogP contribution < -0.4 is 0 Å². The van der Waals surface area contributed by atoms with E-state index in [1.165, 1.54) is 24.9 Å². The number of nitrogens with zero attached hydrogens (tertiary/aromatic N) is 3. The molecule has 2 aromatic carbocycles. The second-order valence-electron chi connectivity index (χ2n) is 8.88. The van der Waals surface area contributed by atoms with Crippen molar-refractivity contribution in [3.8, 4) is 0 Å². The molecule has 1 heterocycles. The van der Waals surface area contributed by atoms with Crippen LogP contribution in [0.5, 0.6) is 0 Å². The van der Waals surface area contributed by atoms with Gasteiger partial charge in [0.1, 0.15) is 12.1 Å².